The van der Waals surface area contributed by atoms with Crippen molar-refractivity contribution < 1.29 is 9.13 Å². The van der Waals surface area contributed by atoms with Crippen LogP contribution in [0, 0.1) is 26.6 Å². The summed E-state index contributed by atoms with van der Waals surface area (Å²) in [6, 6.07) is 13.0. The van der Waals surface area contributed by atoms with Crippen LogP contribution in [-0.2, 0) is 0 Å². The van der Waals surface area contributed by atoms with E-state index in [1.165, 1.54) is 7.11 Å². The van der Waals surface area contributed by atoms with E-state index in [2.05, 4.69) is 17.2 Å². The van der Waals surface area contributed by atoms with E-state index < -0.39 is 5.82 Å². The van der Waals surface area contributed by atoms with Crippen molar-refractivity contribution >= 4 is 5.52 Å². The molecule has 0 radical (unpaired) electrons. The number of rotatable bonds is 4. The molecule has 6 nitrogen and oxygen atoms in total. The maximum Gasteiger partial charge on any atom is 0.174 e. The quantitative estimate of drug-likeness (QED) is 0.389. The molecule has 0 spiro atoms. The third-order valence-electron chi connectivity index (χ3n) is 5.58. The zero-order chi connectivity index (χ0) is 22.4. The molecule has 0 amide bonds. The zero-order valence-electron chi connectivity index (χ0n) is 18.3. The molecule has 1 aromatic carbocycles. The summed E-state index contributed by atoms with van der Waals surface area (Å²) in [5.41, 5.74) is 7.47. The predicted molar refractivity (Wildman–Crippen MR) is 122 cm³/mol. The molecule has 5 rings (SSSR count). The molecule has 160 valence electrons. The van der Waals surface area contributed by atoms with Crippen molar-refractivity contribution in [3.05, 3.63) is 83.7 Å². The summed E-state index contributed by atoms with van der Waals surface area (Å²) in [5, 5.41) is 9.05. The number of hydrogen-bond acceptors (Lipinski definition) is 4. The van der Waals surface area contributed by atoms with Crippen LogP contribution in [0.2, 0.25) is 0 Å². The Bertz CT molecular complexity index is 1450. The first kappa shape index (κ1) is 19.9. The fraction of sp³-hybridized carbons (Fsp3) is 0.160. The molecule has 0 saturated carbocycles. The van der Waals surface area contributed by atoms with E-state index in [-0.39, 0.29) is 5.75 Å². The Morgan fingerprint density at radius 3 is 2.59 bits per heavy atom. The van der Waals surface area contributed by atoms with Gasteiger partial charge in [0, 0.05) is 23.5 Å². The van der Waals surface area contributed by atoms with Gasteiger partial charge < -0.3 is 4.74 Å². The van der Waals surface area contributed by atoms with Gasteiger partial charge in [-0.1, -0.05) is 6.07 Å². The van der Waals surface area contributed by atoms with Crippen LogP contribution in [0.25, 0.3) is 33.7 Å². The maximum atomic E-state index is 15.1. The summed E-state index contributed by atoms with van der Waals surface area (Å²) in [4.78, 5) is 4.76. The van der Waals surface area contributed by atoms with Crippen LogP contribution < -0.4 is 4.74 Å². The van der Waals surface area contributed by atoms with Crippen molar-refractivity contribution in [2.24, 2.45) is 0 Å². The Morgan fingerprint density at radius 1 is 1.03 bits per heavy atom. The summed E-state index contributed by atoms with van der Waals surface area (Å²) < 4.78 is 23.9. The highest BCUT2D eigenvalue weighted by Gasteiger charge is 2.20. The normalized spacial score (nSPS) is 11.3. The van der Waals surface area contributed by atoms with Gasteiger partial charge in [0.15, 0.2) is 11.6 Å². The lowest BCUT2D eigenvalue weighted by Gasteiger charge is -2.11. The van der Waals surface area contributed by atoms with Gasteiger partial charge >= 0.3 is 0 Å². The lowest BCUT2D eigenvalue weighted by Crippen LogP contribution is -2.00. The molecule has 0 aliphatic rings. The van der Waals surface area contributed by atoms with Crippen LogP contribution in [0.15, 0.2) is 61.1 Å². The second kappa shape index (κ2) is 7.60. The number of methoxy groups -OCH3 is 1. The summed E-state index contributed by atoms with van der Waals surface area (Å²) in [7, 11) is 1.46. The minimum Gasteiger partial charge on any atom is -0.494 e. The first-order valence-corrected chi connectivity index (χ1v) is 10.3. The van der Waals surface area contributed by atoms with E-state index in [1.54, 1.807) is 39.8 Å². The molecular weight excluding hydrogens is 405 g/mol. The average molecular weight is 427 g/mol. The molecule has 0 fully saturated rings. The minimum atomic E-state index is -0.408. The molecule has 32 heavy (non-hydrogen) atoms. The zero-order valence-corrected chi connectivity index (χ0v) is 18.3. The van der Waals surface area contributed by atoms with Gasteiger partial charge in [-0.2, -0.15) is 10.2 Å². The number of hydrogen-bond donors (Lipinski definition) is 0. The molecule has 7 heteroatoms. The summed E-state index contributed by atoms with van der Waals surface area (Å²) in [5.74, 6) is -0.206. The van der Waals surface area contributed by atoms with Crippen molar-refractivity contribution in [2.45, 2.75) is 20.8 Å². The van der Waals surface area contributed by atoms with Gasteiger partial charge in [-0.05, 0) is 68.3 Å². The van der Waals surface area contributed by atoms with Crippen LogP contribution in [0.4, 0.5) is 4.39 Å². The highest BCUT2D eigenvalue weighted by Crippen LogP contribution is 2.35. The third kappa shape index (κ3) is 3.13. The smallest absolute Gasteiger partial charge is 0.174 e. The number of benzene rings is 1. The molecule has 4 heterocycles. The Balaban J connectivity index is 1.73. The highest BCUT2D eigenvalue weighted by molar-refractivity contribution is 5.84. The topological polar surface area (TPSA) is 57.2 Å². The van der Waals surface area contributed by atoms with Crippen LogP contribution in [0.5, 0.6) is 5.75 Å². The van der Waals surface area contributed by atoms with E-state index >= 15 is 4.39 Å². The van der Waals surface area contributed by atoms with Gasteiger partial charge in [0.25, 0.3) is 0 Å². The monoisotopic (exact) mass is 427 g/mol. The molecule has 0 unspecified atom stereocenters. The number of ether oxygens (including phenoxy) is 1. The van der Waals surface area contributed by atoms with E-state index in [0.717, 1.165) is 39.3 Å². The molecule has 0 aliphatic heterocycles. The number of aryl methyl sites for hydroxylation is 3. The van der Waals surface area contributed by atoms with Crippen LogP contribution in [-0.4, -0.2) is 31.5 Å². The third-order valence-corrected chi connectivity index (χ3v) is 5.58. The maximum absolute atomic E-state index is 15.1. The Labute approximate surface area is 184 Å². The van der Waals surface area contributed by atoms with Crippen molar-refractivity contribution in [1.29, 1.82) is 0 Å². The van der Waals surface area contributed by atoms with Gasteiger partial charge in [0.2, 0.25) is 0 Å². The van der Waals surface area contributed by atoms with E-state index in [1.807, 2.05) is 39.1 Å². The van der Waals surface area contributed by atoms with Crippen LogP contribution in [0.1, 0.15) is 16.8 Å². The van der Waals surface area contributed by atoms with Crippen LogP contribution >= 0.6 is 0 Å². The molecule has 0 aliphatic carbocycles. The van der Waals surface area contributed by atoms with Crippen molar-refractivity contribution in [2.75, 3.05) is 7.11 Å². The molecule has 4 aromatic heterocycles. The Hall–Kier alpha value is -4.00. The SMILES string of the molecule is COc1cccc(-c2cc(C)cc3c(-c4ncc(-n5cccn5)cc4C)c(C)nn23)c1F. The molecule has 0 N–H and O–H groups in total. The molecule has 0 saturated heterocycles. The summed E-state index contributed by atoms with van der Waals surface area (Å²) in [6.45, 7) is 5.97. The fourth-order valence-electron chi connectivity index (χ4n) is 4.12. The number of fused-ring (bicyclic) bond motifs is 1. The molecule has 0 bridgehead atoms. The summed E-state index contributed by atoms with van der Waals surface area (Å²) in [6.07, 6.45) is 5.42. The lowest BCUT2D eigenvalue weighted by molar-refractivity contribution is 0.387. The van der Waals surface area contributed by atoms with Gasteiger partial charge in [0.1, 0.15) is 0 Å². The first-order chi connectivity index (χ1) is 15.5. The Kier molecular flexibility index (Phi) is 4.74. The second-order valence-corrected chi connectivity index (χ2v) is 7.81. The Morgan fingerprint density at radius 2 is 1.88 bits per heavy atom. The first-order valence-electron chi connectivity index (χ1n) is 10.3. The van der Waals surface area contributed by atoms with Gasteiger partial charge in [-0.15, -0.1) is 0 Å². The largest absolute Gasteiger partial charge is 0.494 e. The minimum absolute atomic E-state index is 0.202. The number of halogens is 1. The van der Waals surface area contributed by atoms with Gasteiger partial charge in [-0.3, -0.25) is 4.98 Å². The second-order valence-electron chi connectivity index (χ2n) is 7.81. The van der Waals surface area contributed by atoms with Crippen molar-refractivity contribution in [3.8, 4) is 34.0 Å². The van der Waals surface area contributed by atoms with E-state index in [9.17, 15) is 0 Å². The van der Waals surface area contributed by atoms with Gasteiger partial charge in [-0.25, -0.2) is 13.6 Å². The molecule has 5 aromatic rings. The standard InChI is InChI=1S/C25H22FN5O/c1-15-11-20(19-7-5-8-22(32-4)24(19)26)31-21(12-15)23(17(3)29-31)25-16(2)13-18(14-27-25)30-10-6-9-28-30/h5-14H,1-4H3. The number of pyridine rings is 2. The van der Waals surface area contributed by atoms with E-state index in [4.69, 9.17) is 14.8 Å². The number of aromatic nitrogens is 5. The lowest BCUT2D eigenvalue weighted by atomic mass is 10.0. The van der Waals surface area contributed by atoms with Gasteiger partial charge in [0.05, 0.1) is 41.6 Å². The fourth-order valence-corrected chi connectivity index (χ4v) is 4.12. The molecular formula is C25H22FN5O. The van der Waals surface area contributed by atoms with Crippen LogP contribution in [0.3, 0.4) is 0 Å². The van der Waals surface area contributed by atoms with Crippen molar-refractivity contribution in [1.82, 2.24) is 24.4 Å². The number of nitrogens with zero attached hydrogens (tertiary/aromatic N) is 5. The summed E-state index contributed by atoms with van der Waals surface area (Å²) >= 11 is 0. The van der Waals surface area contributed by atoms with E-state index in [0.29, 0.717) is 11.3 Å². The predicted octanol–water partition coefficient (Wildman–Crippen LogP) is 5.32. The highest BCUT2D eigenvalue weighted by atomic mass is 19.1. The van der Waals surface area contributed by atoms with Crippen molar-refractivity contribution in [3.63, 3.8) is 0 Å². The average Bonchev–Trinajstić information content (AvgIpc) is 3.42. The molecule has 0 atom stereocenters.